The molecule has 0 saturated heterocycles. The van der Waals surface area contributed by atoms with Crippen LogP contribution in [0.1, 0.15) is 28.4 Å². The van der Waals surface area contributed by atoms with Crippen LogP contribution in [0.3, 0.4) is 0 Å². The molecule has 0 aliphatic heterocycles. The lowest BCUT2D eigenvalue weighted by Crippen LogP contribution is -2.51. The minimum absolute atomic E-state index is 0.329. The highest BCUT2D eigenvalue weighted by molar-refractivity contribution is 5.97. The van der Waals surface area contributed by atoms with Crippen molar-refractivity contribution >= 4 is 24.0 Å². The number of hydroxylamine groups is 1. The van der Waals surface area contributed by atoms with Crippen molar-refractivity contribution in [1.29, 1.82) is 0 Å². The molecule has 1 aromatic heterocycles. The summed E-state index contributed by atoms with van der Waals surface area (Å²) in [5.74, 6) is -1.42. The van der Waals surface area contributed by atoms with Crippen molar-refractivity contribution in [1.82, 2.24) is 15.8 Å². The molecule has 0 fully saturated rings. The number of carbonyl (C=O) groups excluding carboxylic acids is 2. The lowest BCUT2D eigenvalue weighted by Gasteiger charge is -2.19. The Kier molecular flexibility index (Phi) is 6.39. The Bertz CT molecular complexity index is 743. The molecule has 1 heterocycles. The summed E-state index contributed by atoms with van der Waals surface area (Å²) < 4.78 is 0. The summed E-state index contributed by atoms with van der Waals surface area (Å²) in [6.07, 6.45) is 6.06. The van der Waals surface area contributed by atoms with Gasteiger partial charge in [-0.05, 0) is 36.2 Å². The zero-order valence-electron chi connectivity index (χ0n) is 13.6. The van der Waals surface area contributed by atoms with E-state index in [2.05, 4.69) is 10.3 Å². The van der Waals surface area contributed by atoms with E-state index in [1.165, 1.54) is 12.4 Å². The van der Waals surface area contributed by atoms with Gasteiger partial charge in [0.2, 0.25) is 0 Å². The molecule has 2 amide bonds. The van der Waals surface area contributed by atoms with Crippen LogP contribution >= 0.6 is 0 Å². The van der Waals surface area contributed by atoms with Crippen molar-refractivity contribution in [3.05, 3.63) is 65.5 Å². The molecule has 1 aromatic carbocycles. The first kappa shape index (κ1) is 18.3. The van der Waals surface area contributed by atoms with E-state index in [4.69, 9.17) is 5.21 Å². The van der Waals surface area contributed by atoms with Crippen LogP contribution in [0.25, 0.3) is 12.2 Å². The normalized spacial score (nSPS) is 13.2. The molecule has 7 heteroatoms. The molecule has 0 spiro atoms. The third-order valence-electron chi connectivity index (χ3n) is 3.49. The van der Waals surface area contributed by atoms with Crippen LogP contribution in [-0.4, -0.2) is 39.3 Å². The summed E-state index contributed by atoms with van der Waals surface area (Å²) in [6, 6.07) is 9.24. The highest BCUT2D eigenvalue weighted by Gasteiger charge is 2.25. The number of carbonyl (C=O) groups is 2. The van der Waals surface area contributed by atoms with Gasteiger partial charge in [-0.15, -0.1) is 0 Å². The van der Waals surface area contributed by atoms with E-state index in [0.717, 1.165) is 11.1 Å². The Labute approximate surface area is 145 Å². The molecule has 0 saturated carbocycles. The van der Waals surface area contributed by atoms with Gasteiger partial charge in [0.15, 0.2) is 0 Å². The summed E-state index contributed by atoms with van der Waals surface area (Å²) in [5, 5.41) is 20.6. The van der Waals surface area contributed by atoms with E-state index in [-0.39, 0.29) is 0 Å². The van der Waals surface area contributed by atoms with E-state index in [0.29, 0.717) is 5.56 Å². The quantitative estimate of drug-likeness (QED) is 0.466. The fourth-order valence-electron chi connectivity index (χ4n) is 2.11. The smallest absolute Gasteiger partial charge is 0.268 e. The first-order valence-corrected chi connectivity index (χ1v) is 7.62. The number of aliphatic hydroxyl groups is 1. The second-order valence-electron chi connectivity index (χ2n) is 5.41. The SMILES string of the molecule is C[C@@H](O)[C@H](NC(=O)c1ccc(/C=C/c2cccnc2)cc1)C(=O)NO. The Hall–Kier alpha value is -3.03. The van der Waals surface area contributed by atoms with Crippen molar-refractivity contribution in [3.8, 4) is 0 Å². The van der Waals surface area contributed by atoms with E-state index in [1.54, 1.807) is 36.7 Å². The van der Waals surface area contributed by atoms with Crippen LogP contribution in [0.5, 0.6) is 0 Å². The molecule has 130 valence electrons. The predicted octanol–water partition coefficient (Wildman–Crippen LogP) is 1.24. The zero-order valence-corrected chi connectivity index (χ0v) is 13.6. The number of aromatic nitrogens is 1. The van der Waals surface area contributed by atoms with Gasteiger partial charge < -0.3 is 10.4 Å². The summed E-state index contributed by atoms with van der Waals surface area (Å²) >= 11 is 0. The monoisotopic (exact) mass is 341 g/mol. The van der Waals surface area contributed by atoms with Crippen LogP contribution in [0.15, 0.2) is 48.8 Å². The van der Waals surface area contributed by atoms with Gasteiger partial charge in [-0.3, -0.25) is 19.8 Å². The minimum Gasteiger partial charge on any atom is -0.391 e. The first-order valence-electron chi connectivity index (χ1n) is 7.62. The van der Waals surface area contributed by atoms with Gasteiger partial charge in [-0.25, -0.2) is 5.48 Å². The number of benzene rings is 1. The molecule has 2 atom stereocenters. The predicted molar refractivity (Wildman–Crippen MR) is 92.5 cm³/mol. The number of nitrogens with one attached hydrogen (secondary N) is 2. The van der Waals surface area contributed by atoms with Crippen molar-refractivity contribution in [2.45, 2.75) is 19.1 Å². The maximum absolute atomic E-state index is 12.2. The molecule has 0 aliphatic rings. The number of rotatable bonds is 6. The number of hydrogen-bond acceptors (Lipinski definition) is 5. The highest BCUT2D eigenvalue weighted by atomic mass is 16.5. The van der Waals surface area contributed by atoms with Gasteiger partial charge in [0, 0.05) is 18.0 Å². The third-order valence-corrected chi connectivity index (χ3v) is 3.49. The fourth-order valence-corrected chi connectivity index (χ4v) is 2.11. The third kappa shape index (κ3) is 5.23. The lowest BCUT2D eigenvalue weighted by molar-refractivity contribution is -0.133. The molecule has 0 aliphatic carbocycles. The van der Waals surface area contributed by atoms with E-state index in [1.807, 2.05) is 24.3 Å². The molecule has 0 unspecified atom stereocenters. The Morgan fingerprint density at radius 2 is 1.80 bits per heavy atom. The number of pyridine rings is 1. The van der Waals surface area contributed by atoms with Crippen LogP contribution in [0.2, 0.25) is 0 Å². The van der Waals surface area contributed by atoms with Crippen LogP contribution in [-0.2, 0) is 4.79 Å². The summed E-state index contributed by atoms with van der Waals surface area (Å²) in [7, 11) is 0. The van der Waals surface area contributed by atoms with Gasteiger partial charge in [0.1, 0.15) is 6.04 Å². The topological polar surface area (TPSA) is 112 Å². The van der Waals surface area contributed by atoms with Crippen molar-refractivity contribution in [3.63, 3.8) is 0 Å². The number of aliphatic hydroxyl groups excluding tert-OH is 1. The number of nitrogens with zero attached hydrogens (tertiary/aromatic N) is 1. The largest absolute Gasteiger partial charge is 0.391 e. The maximum atomic E-state index is 12.2. The lowest BCUT2D eigenvalue weighted by atomic mass is 10.1. The molecule has 25 heavy (non-hydrogen) atoms. The van der Waals surface area contributed by atoms with Crippen LogP contribution in [0, 0.1) is 0 Å². The molecule has 2 aromatic rings. The molecular weight excluding hydrogens is 322 g/mol. The fraction of sp³-hybridized carbons (Fsp3) is 0.167. The Morgan fingerprint density at radius 3 is 2.36 bits per heavy atom. The molecule has 7 nitrogen and oxygen atoms in total. The number of amides is 2. The van der Waals surface area contributed by atoms with Crippen molar-refractivity contribution in [2.24, 2.45) is 0 Å². The standard InChI is InChI=1S/C18H19N3O4/c1-12(22)16(18(24)21-25)20-17(23)15-8-6-13(7-9-15)4-5-14-3-2-10-19-11-14/h2-12,16,22,25H,1H3,(H,20,23)(H,21,24)/b5-4+/t12-,16+/m1/s1. The highest BCUT2D eigenvalue weighted by Crippen LogP contribution is 2.10. The van der Waals surface area contributed by atoms with Crippen molar-refractivity contribution < 1.29 is 19.9 Å². The molecule has 0 radical (unpaired) electrons. The minimum atomic E-state index is -1.25. The average Bonchev–Trinajstić information content (AvgIpc) is 2.64. The van der Waals surface area contributed by atoms with Gasteiger partial charge >= 0.3 is 0 Å². The molecule has 2 rings (SSSR count). The van der Waals surface area contributed by atoms with E-state index < -0.39 is 24.0 Å². The molecular formula is C18H19N3O4. The van der Waals surface area contributed by atoms with Gasteiger partial charge in [0.05, 0.1) is 6.10 Å². The van der Waals surface area contributed by atoms with Gasteiger partial charge in [0.25, 0.3) is 11.8 Å². The number of hydrogen-bond donors (Lipinski definition) is 4. The Balaban J connectivity index is 2.04. The summed E-state index contributed by atoms with van der Waals surface area (Å²) in [6.45, 7) is 1.34. The average molecular weight is 341 g/mol. The van der Waals surface area contributed by atoms with Crippen LogP contribution < -0.4 is 10.8 Å². The Morgan fingerprint density at radius 1 is 1.12 bits per heavy atom. The van der Waals surface area contributed by atoms with Gasteiger partial charge in [-0.1, -0.05) is 30.4 Å². The van der Waals surface area contributed by atoms with Gasteiger partial charge in [-0.2, -0.15) is 0 Å². The zero-order chi connectivity index (χ0) is 18.2. The summed E-state index contributed by atoms with van der Waals surface area (Å²) in [5.41, 5.74) is 3.59. The second kappa shape index (κ2) is 8.72. The first-order chi connectivity index (χ1) is 12.0. The van der Waals surface area contributed by atoms with Crippen molar-refractivity contribution in [2.75, 3.05) is 0 Å². The van der Waals surface area contributed by atoms with Crippen LogP contribution in [0.4, 0.5) is 0 Å². The summed E-state index contributed by atoms with van der Waals surface area (Å²) in [4.78, 5) is 27.6. The molecule has 4 N–H and O–H groups in total. The van der Waals surface area contributed by atoms with E-state index in [9.17, 15) is 14.7 Å². The maximum Gasteiger partial charge on any atom is 0.268 e. The van der Waals surface area contributed by atoms with E-state index >= 15 is 0 Å². The second-order valence-corrected chi connectivity index (χ2v) is 5.41. The molecule has 0 bridgehead atoms.